The molecule has 1 amide bonds. The van der Waals surface area contributed by atoms with Gasteiger partial charge in [0.1, 0.15) is 6.17 Å². The normalized spacial score (nSPS) is 27.3. The Hall–Kier alpha value is -1.42. The summed E-state index contributed by atoms with van der Waals surface area (Å²) in [5, 5.41) is 0. The summed E-state index contributed by atoms with van der Waals surface area (Å²) < 4.78 is 13.5. The zero-order valence-corrected chi connectivity index (χ0v) is 12.6. The van der Waals surface area contributed by atoms with Crippen molar-refractivity contribution in [3.8, 4) is 0 Å². The third kappa shape index (κ3) is 3.26. The van der Waals surface area contributed by atoms with Crippen LogP contribution in [0.3, 0.4) is 0 Å². The first kappa shape index (κ1) is 14.5. The average Bonchev–Trinajstić information content (AvgIpc) is 2.80. The summed E-state index contributed by atoms with van der Waals surface area (Å²) >= 11 is 0. The number of hydrogen-bond acceptors (Lipinski definition) is 2. The zero-order valence-electron chi connectivity index (χ0n) is 12.6. The number of aryl methyl sites for hydroxylation is 1. The molecule has 3 nitrogen and oxygen atoms in total. The van der Waals surface area contributed by atoms with Crippen LogP contribution in [0.2, 0.25) is 0 Å². The molecule has 2 atom stereocenters. The lowest BCUT2D eigenvalue weighted by atomic mass is 10.1. The summed E-state index contributed by atoms with van der Waals surface area (Å²) in [6.07, 6.45) is 1.57. The first-order valence-electron chi connectivity index (χ1n) is 7.86. The van der Waals surface area contributed by atoms with E-state index in [4.69, 9.17) is 0 Å². The molecule has 4 heteroatoms. The van der Waals surface area contributed by atoms with Gasteiger partial charge >= 0.3 is 0 Å². The highest BCUT2D eigenvalue weighted by atomic mass is 19.1. The van der Waals surface area contributed by atoms with E-state index in [0.717, 1.165) is 25.9 Å². The number of amides is 1. The molecule has 0 spiro atoms. The maximum absolute atomic E-state index is 13.5. The average molecular weight is 290 g/mol. The Morgan fingerprint density at radius 1 is 1.29 bits per heavy atom. The Morgan fingerprint density at radius 3 is 2.90 bits per heavy atom. The van der Waals surface area contributed by atoms with Crippen molar-refractivity contribution in [1.29, 1.82) is 0 Å². The van der Waals surface area contributed by atoms with E-state index < -0.39 is 6.17 Å². The fourth-order valence-corrected chi connectivity index (χ4v) is 3.49. The van der Waals surface area contributed by atoms with E-state index in [1.54, 1.807) is 0 Å². The molecular weight excluding hydrogens is 267 g/mol. The lowest BCUT2D eigenvalue weighted by Gasteiger charge is -2.32. The molecule has 3 rings (SSSR count). The molecule has 1 aromatic rings. The van der Waals surface area contributed by atoms with E-state index in [1.165, 1.54) is 11.1 Å². The molecule has 2 aliphatic heterocycles. The van der Waals surface area contributed by atoms with Gasteiger partial charge in [-0.3, -0.25) is 9.69 Å². The monoisotopic (exact) mass is 290 g/mol. The Labute approximate surface area is 125 Å². The predicted octanol–water partition coefficient (Wildman–Crippen LogP) is 2.53. The molecule has 21 heavy (non-hydrogen) atoms. The Bertz CT molecular complexity index is 519. The molecule has 2 unspecified atom stereocenters. The SMILES string of the molecule is Cc1cccc(CN2CCC(N3CCCC(F)C3)C2=O)c1. The molecule has 1 aromatic carbocycles. The molecule has 0 aliphatic carbocycles. The highest BCUT2D eigenvalue weighted by Gasteiger charge is 2.37. The molecule has 0 radical (unpaired) electrons. The molecule has 0 N–H and O–H groups in total. The number of halogens is 1. The second-order valence-electron chi connectivity index (χ2n) is 6.29. The Morgan fingerprint density at radius 2 is 2.14 bits per heavy atom. The van der Waals surface area contributed by atoms with Crippen molar-refractivity contribution in [2.24, 2.45) is 0 Å². The number of hydrogen-bond donors (Lipinski definition) is 0. The van der Waals surface area contributed by atoms with Gasteiger partial charge in [-0.15, -0.1) is 0 Å². The summed E-state index contributed by atoms with van der Waals surface area (Å²) in [6.45, 7) is 4.80. The van der Waals surface area contributed by atoms with E-state index >= 15 is 0 Å². The van der Waals surface area contributed by atoms with Crippen LogP contribution in [-0.2, 0) is 11.3 Å². The molecule has 0 bridgehead atoms. The lowest BCUT2D eigenvalue weighted by molar-refractivity contribution is -0.133. The maximum atomic E-state index is 13.5. The van der Waals surface area contributed by atoms with E-state index in [-0.39, 0.29) is 11.9 Å². The first-order chi connectivity index (χ1) is 10.1. The smallest absolute Gasteiger partial charge is 0.240 e. The number of carbonyl (C=O) groups is 1. The van der Waals surface area contributed by atoms with Gasteiger partial charge in [-0.2, -0.15) is 0 Å². The van der Waals surface area contributed by atoms with Gasteiger partial charge in [0, 0.05) is 19.6 Å². The van der Waals surface area contributed by atoms with Crippen LogP contribution in [0.15, 0.2) is 24.3 Å². The summed E-state index contributed by atoms with van der Waals surface area (Å²) in [6, 6.07) is 8.17. The largest absolute Gasteiger partial charge is 0.337 e. The van der Waals surface area contributed by atoms with Crippen LogP contribution in [0.4, 0.5) is 4.39 Å². The highest BCUT2D eigenvalue weighted by molar-refractivity contribution is 5.84. The van der Waals surface area contributed by atoms with Crippen molar-refractivity contribution in [2.75, 3.05) is 19.6 Å². The fraction of sp³-hybridized carbons (Fsp3) is 0.588. The summed E-state index contributed by atoms with van der Waals surface area (Å²) in [5.41, 5.74) is 2.39. The van der Waals surface area contributed by atoms with Crippen LogP contribution in [0.25, 0.3) is 0 Å². The number of benzene rings is 1. The summed E-state index contributed by atoms with van der Waals surface area (Å²) in [4.78, 5) is 16.5. The van der Waals surface area contributed by atoms with Crippen LogP contribution < -0.4 is 0 Å². The van der Waals surface area contributed by atoms with Crippen LogP contribution >= 0.6 is 0 Å². The second kappa shape index (κ2) is 6.14. The third-order valence-electron chi connectivity index (χ3n) is 4.56. The highest BCUT2D eigenvalue weighted by Crippen LogP contribution is 2.24. The lowest BCUT2D eigenvalue weighted by Crippen LogP contribution is -2.47. The summed E-state index contributed by atoms with van der Waals surface area (Å²) in [7, 11) is 0. The standard InChI is InChI=1S/C17H23FN2O/c1-13-4-2-5-14(10-13)11-20-9-7-16(17(20)21)19-8-3-6-15(18)12-19/h2,4-5,10,15-16H,3,6-9,11-12H2,1H3. The number of alkyl halides is 1. The van der Waals surface area contributed by atoms with Crippen molar-refractivity contribution < 1.29 is 9.18 Å². The van der Waals surface area contributed by atoms with Gasteiger partial charge in [-0.05, 0) is 38.3 Å². The van der Waals surface area contributed by atoms with Crippen LogP contribution in [0.5, 0.6) is 0 Å². The molecule has 2 aliphatic rings. The van der Waals surface area contributed by atoms with Crippen LogP contribution in [0.1, 0.15) is 30.4 Å². The molecule has 0 saturated carbocycles. The second-order valence-corrected chi connectivity index (χ2v) is 6.29. The Balaban J connectivity index is 1.63. The zero-order chi connectivity index (χ0) is 14.8. The predicted molar refractivity (Wildman–Crippen MR) is 80.7 cm³/mol. The molecule has 2 fully saturated rings. The van der Waals surface area contributed by atoms with Crippen molar-refractivity contribution in [1.82, 2.24) is 9.80 Å². The van der Waals surface area contributed by atoms with E-state index in [9.17, 15) is 9.18 Å². The van der Waals surface area contributed by atoms with Crippen molar-refractivity contribution >= 4 is 5.91 Å². The molecular formula is C17H23FN2O. The minimum absolute atomic E-state index is 0.103. The van der Waals surface area contributed by atoms with Crippen LogP contribution in [-0.4, -0.2) is 47.6 Å². The molecule has 2 saturated heterocycles. The quantitative estimate of drug-likeness (QED) is 0.854. The number of piperidine rings is 1. The van der Waals surface area contributed by atoms with E-state index in [0.29, 0.717) is 19.5 Å². The minimum Gasteiger partial charge on any atom is -0.337 e. The van der Waals surface area contributed by atoms with Crippen molar-refractivity contribution in [3.05, 3.63) is 35.4 Å². The van der Waals surface area contributed by atoms with Gasteiger partial charge in [-0.25, -0.2) is 4.39 Å². The molecule has 0 aromatic heterocycles. The van der Waals surface area contributed by atoms with Gasteiger partial charge in [0.25, 0.3) is 0 Å². The third-order valence-corrected chi connectivity index (χ3v) is 4.56. The van der Waals surface area contributed by atoms with E-state index in [1.807, 2.05) is 15.9 Å². The van der Waals surface area contributed by atoms with Gasteiger partial charge in [-0.1, -0.05) is 29.8 Å². The van der Waals surface area contributed by atoms with Crippen LogP contribution in [0, 0.1) is 6.92 Å². The maximum Gasteiger partial charge on any atom is 0.240 e. The van der Waals surface area contributed by atoms with Gasteiger partial charge < -0.3 is 4.90 Å². The van der Waals surface area contributed by atoms with Gasteiger partial charge in [0.15, 0.2) is 0 Å². The number of rotatable bonds is 3. The first-order valence-corrected chi connectivity index (χ1v) is 7.86. The minimum atomic E-state index is -0.766. The Kier molecular flexibility index (Phi) is 4.24. The van der Waals surface area contributed by atoms with Crippen molar-refractivity contribution in [3.63, 3.8) is 0 Å². The van der Waals surface area contributed by atoms with Gasteiger partial charge in [0.2, 0.25) is 5.91 Å². The van der Waals surface area contributed by atoms with Gasteiger partial charge in [0.05, 0.1) is 6.04 Å². The fourth-order valence-electron chi connectivity index (χ4n) is 3.49. The molecule has 114 valence electrons. The molecule has 2 heterocycles. The number of likely N-dealkylation sites (tertiary alicyclic amines) is 2. The van der Waals surface area contributed by atoms with Crippen molar-refractivity contribution in [2.45, 2.75) is 44.9 Å². The topological polar surface area (TPSA) is 23.6 Å². The van der Waals surface area contributed by atoms with E-state index in [2.05, 4.69) is 25.1 Å². The number of nitrogens with zero attached hydrogens (tertiary/aromatic N) is 2. The number of carbonyl (C=O) groups excluding carboxylic acids is 1. The summed E-state index contributed by atoms with van der Waals surface area (Å²) in [5.74, 6) is 0.172.